The molecule has 4 heteroatoms. The number of nitrogens with two attached hydrogens (primary N) is 1. The Bertz CT molecular complexity index is 257. The van der Waals surface area contributed by atoms with E-state index in [1.165, 1.54) is 4.88 Å². The molecule has 1 aromatic rings. The van der Waals surface area contributed by atoms with Crippen LogP contribution in [0, 0.1) is 0 Å². The molecule has 0 radical (unpaired) electrons. The van der Waals surface area contributed by atoms with Crippen molar-refractivity contribution in [2.75, 3.05) is 19.8 Å². The normalized spacial score (nSPS) is 23.9. The molecule has 0 saturated carbocycles. The first-order valence-corrected chi connectivity index (χ1v) is 5.75. The lowest BCUT2D eigenvalue weighted by Gasteiger charge is -2.18. The summed E-state index contributed by atoms with van der Waals surface area (Å²) in [4.78, 5) is 1.21. The zero-order chi connectivity index (χ0) is 9.80. The summed E-state index contributed by atoms with van der Waals surface area (Å²) >= 11 is 1.69. The molecule has 2 unspecified atom stereocenters. The average Bonchev–Trinajstić information content (AvgIpc) is 2.86. The van der Waals surface area contributed by atoms with Crippen LogP contribution in [0.2, 0.25) is 0 Å². The minimum atomic E-state index is 0.0432. The third kappa shape index (κ3) is 2.33. The van der Waals surface area contributed by atoms with E-state index in [1.807, 2.05) is 11.4 Å². The van der Waals surface area contributed by atoms with Crippen LogP contribution in [-0.2, 0) is 9.47 Å². The summed E-state index contributed by atoms with van der Waals surface area (Å²) in [6.45, 7) is 2.06. The minimum Gasteiger partial charge on any atom is -0.379 e. The van der Waals surface area contributed by atoms with Gasteiger partial charge in [0, 0.05) is 18.0 Å². The molecule has 3 nitrogen and oxygen atoms in total. The Morgan fingerprint density at radius 2 is 2.64 bits per heavy atom. The van der Waals surface area contributed by atoms with Crippen molar-refractivity contribution in [1.82, 2.24) is 0 Å². The highest BCUT2D eigenvalue weighted by Gasteiger charge is 2.21. The predicted octanol–water partition coefficient (Wildman–Crippen LogP) is 1.55. The van der Waals surface area contributed by atoms with Crippen molar-refractivity contribution in [3.8, 4) is 0 Å². The molecule has 0 amide bonds. The SMILES string of the molecule is NCC(OC1CCOC1)c1cccs1. The fourth-order valence-corrected chi connectivity index (χ4v) is 2.34. The molecule has 0 aromatic carbocycles. The maximum absolute atomic E-state index is 5.87. The number of ether oxygens (including phenoxy) is 2. The lowest BCUT2D eigenvalue weighted by atomic mass is 10.2. The second-order valence-electron chi connectivity index (χ2n) is 3.36. The lowest BCUT2D eigenvalue weighted by molar-refractivity contribution is -0.0108. The third-order valence-electron chi connectivity index (χ3n) is 2.32. The van der Waals surface area contributed by atoms with Gasteiger partial charge in [0.05, 0.1) is 12.7 Å². The van der Waals surface area contributed by atoms with E-state index < -0.39 is 0 Å². The van der Waals surface area contributed by atoms with Gasteiger partial charge in [0.25, 0.3) is 0 Å². The number of hydrogen-bond acceptors (Lipinski definition) is 4. The Hall–Kier alpha value is -0.420. The number of hydrogen-bond donors (Lipinski definition) is 1. The van der Waals surface area contributed by atoms with Crippen LogP contribution in [-0.4, -0.2) is 25.9 Å². The van der Waals surface area contributed by atoms with Crippen molar-refractivity contribution in [2.24, 2.45) is 5.73 Å². The molecule has 2 atom stereocenters. The van der Waals surface area contributed by atoms with Crippen LogP contribution < -0.4 is 5.73 Å². The minimum absolute atomic E-state index is 0.0432. The van der Waals surface area contributed by atoms with Gasteiger partial charge in [-0.3, -0.25) is 0 Å². The van der Waals surface area contributed by atoms with Crippen molar-refractivity contribution in [1.29, 1.82) is 0 Å². The van der Waals surface area contributed by atoms with Crippen LogP contribution in [0.15, 0.2) is 17.5 Å². The first-order valence-electron chi connectivity index (χ1n) is 4.87. The Morgan fingerprint density at radius 1 is 1.71 bits per heavy atom. The van der Waals surface area contributed by atoms with Crippen molar-refractivity contribution in [2.45, 2.75) is 18.6 Å². The van der Waals surface area contributed by atoms with Gasteiger partial charge in [0.2, 0.25) is 0 Å². The maximum atomic E-state index is 5.87. The standard InChI is InChI=1S/C10H15NO2S/c11-6-9(10-2-1-5-14-10)13-8-3-4-12-7-8/h1-2,5,8-9H,3-4,6-7,11H2. The quantitative estimate of drug-likeness (QED) is 0.825. The fraction of sp³-hybridized carbons (Fsp3) is 0.600. The second-order valence-corrected chi connectivity index (χ2v) is 4.34. The molecule has 2 rings (SSSR count). The van der Waals surface area contributed by atoms with Crippen LogP contribution in [0.5, 0.6) is 0 Å². The van der Waals surface area contributed by atoms with Gasteiger partial charge in [-0.05, 0) is 17.9 Å². The molecular formula is C10H15NO2S. The molecule has 1 aliphatic rings. The van der Waals surface area contributed by atoms with Crippen molar-refractivity contribution in [3.63, 3.8) is 0 Å². The van der Waals surface area contributed by atoms with Crippen molar-refractivity contribution >= 4 is 11.3 Å². The zero-order valence-electron chi connectivity index (χ0n) is 8.02. The molecule has 1 saturated heterocycles. The van der Waals surface area contributed by atoms with E-state index in [0.29, 0.717) is 13.2 Å². The summed E-state index contributed by atoms with van der Waals surface area (Å²) in [5, 5.41) is 2.05. The summed E-state index contributed by atoms with van der Waals surface area (Å²) in [6.07, 6.45) is 1.26. The molecule has 1 aliphatic heterocycles. The van der Waals surface area contributed by atoms with Crippen molar-refractivity contribution < 1.29 is 9.47 Å². The van der Waals surface area contributed by atoms with E-state index in [4.69, 9.17) is 15.2 Å². The molecule has 1 aromatic heterocycles. The van der Waals surface area contributed by atoms with Crippen LogP contribution in [0.4, 0.5) is 0 Å². The highest BCUT2D eigenvalue weighted by Crippen LogP contribution is 2.24. The molecule has 78 valence electrons. The molecule has 2 heterocycles. The highest BCUT2D eigenvalue weighted by molar-refractivity contribution is 7.10. The lowest BCUT2D eigenvalue weighted by Crippen LogP contribution is -2.22. The van der Waals surface area contributed by atoms with Gasteiger partial charge in [-0.25, -0.2) is 0 Å². The first kappa shape index (κ1) is 10.1. The van der Waals surface area contributed by atoms with E-state index in [-0.39, 0.29) is 12.2 Å². The Kier molecular flexibility index (Phi) is 3.53. The summed E-state index contributed by atoms with van der Waals surface area (Å²) in [5.74, 6) is 0. The molecule has 0 bridgehead atoms. The van der Waals surface area contributed by atoms with Gasteiger partial charge in [0.1, 0.15) is 6.10 Å². The maximum Gasteiger partial charge on any atom is 0.104 e. The first-order chi connectivity index (χ1) is 6.90. The van der Waals surface area contributed by atoms with E-state index in [9.17, 15) is 0 Å². The van der Waals surface area contributed by atoms with Crippen LogP contribution in [0.25, 0.3) is 0 Å². The van der Waals surface area contributed by atoms with Gasteiger partial charge in [-0.15, -0.1) is 11.3 Å². The molecule has 2 N–H and O–H groups in total. The smallest absolute Gasteiger partial charge is 0.104 e. The molecule has 14 heavy (non-hydrogen) atoms. The number of thiophene rings is 1. The Labute approximate surface area is 87.8 Å². The molecule has 0 spiro atoms. The van der Waals surface area contributed by atoms with E-state index >= 15 is 0 Å². The summed E-state index contributed by atoms with van der Waals surface area (Å²) < 4.78 is 11.1. The van der Waals surface area contributed by atoms with Crippen LogP contribution in [0.3, 0.4) is 0 Å². The zero-order valence-corrected chi connectivity index (χ0v) is 8.83. The van der Waals surface area contributed by atoms with Gasteiger partial charge in [-0.1, -0.05) is 6.07 Å². The Morgan fingerprint density at radius 3 is 3.21 bits per heavy atom. The molecule has 0 aliphatic carbocycles. The fourth-order valence-electron chi connectivity index (χ4n) is 1.57. The van der Waals surface area contributed by atoms with Crippen molar-refractivity contribution in [3.05, 3.63) is 22.4 Å². The summed E-state index contributed by atoms with van der Waals surface area (Å²) in [6, 6.07) is 4.09. The van der Waals surface area contributed by atoms with Gasteiger partial charge < -0.3 is 15.2 Å². The largest absolute Gasteiger partial charge is 0.379 e. The third-order valence-corrected chi connectivity index (χ3v) is 3.28. The highest BCUT2D eigenvalue weighted by atomic mass is 32.1. The average molecular weight is 213 g/mol. The van der Waals surface area contributed by atoms with Gasteiger partial charge >= 0.3 is 0 Å². The molecule has 1 fully saturated rings. The molecular weight excluding hydrogens is 198 g/mol. The van der Waals surface area contributed by atoms with Crippen LogP contribution >= 0.6 is 11.3 Å². The van der Waals surface area contributed by atoms with E-state index in [2.05, 4.69) is 6.07 Å². The second kappa shape index (κ2) is 4.89. The predicted molar refractivity (Wildman–Crippen MR) is 56.4 cm³/mol. The van der Waals surface area contributed by atoms with Gasteiger partial charge in [-0.2, -0.15) is 0 Å². The topological polar surface area (TPSA) is 44.5 Å². The summed E-state index contributed by atoms with van der Waals surface area (Å²) in [7, 11) is 0. The number of rotatable bonds is 4. The van der Waals surface area contributed by atoms with Gasteiger partial charge in [0.15, 0.2) is 0 Å². The monoisotopic (exact) mass is 213 g/mol. The van der Waals surface area contributed by atoms with E-state index in [1.54, 1.807) is 11.3 Å². The summed E-state index contributed by atoms with van der Waals surface area (Å²) in [5.41, 5.74) is 5.68. The van der Waals surface area contributed by atoms with Crippen LogP contribution in [0.1, 0.15) is 17.4 Å². The van der Waals surface area contributed by atoms with E-state index in [0.717, 1.165) is 13.0 Å². The Balaban J connectivity index is 1.93.